The molecule has 8 heteroatoms. The fourth-order valence-corrected chi connectivity index (χ4v) is 3.70. The number of sulfone groups is 1. The molecule has 7 nitrogen and oxygen atoms in total. The van der Waals surface area contributed by atoms with Crippen molar-refractivity contribution in [2.45, 2.75) is 0 Å². The molecule has 3 heterocycles. The van der Waals surface area contributed by atoms with Gasteiger partial charge in [0.25, 0.3) is 5.56 Å². The predicted octanol–water partition coefficient (Wildman–Crippen LogP) is 0.0296. The van der Waals surface area contributed by atoms with Crippen LogP contribution in [0, 0.1) is 11.3 Å². The number of H-pyrrole nitrogens is 1. The Bertz CT molecular complexity index is 897. The van der Waals surface area contributed by atoms with E-state index in [1.807, 2.05) is 6.07 Å². The Labute approximate surface area is 120 Å². The van der Waals surface area contributed by atoms with E-state index in [1.165, 1.54) is 6.20 Å². The van der Waals surface area contributed by atoms with Gasteiger partial charge in [-0.05, 0) is 6.07 Å². The molecule has 0 spiro atoms. The Morgan fingerprint density at radius 1 is 1.33 bits per heavy atom. The molecule has 0 radical (unpaired) electrons. The summed E-state index contributed by atoms with van der Waals surface area (Å²) in [6.45, 7) is 0.551. The molecule has 2 aromatic heterocycles. The van der Waals surface area contributed by atoms with Crippen LogP contribution in [0.15, 0.2) is 23.3 Å². The minimum atomic E-state index is -3.03. The van der Waals surface area contributed by atoms with Gasteiger partial charge in [-0.3, -0.25) is 9.78 Å². The number of rotatable bonds is 1. The highest BCUT2D eigenvalue weighted by Gasteiger charge is 2.26. The number of aromatic nitrogens is 2. The monoisotopic (exact) mass is 304 g/mol. The fourth-order valence-electron chi connectivity index (χ4n) is 2.50. The second-order valence-electron chi connectivity index (χ2n) is 4.85. The average Bonchev–Trinajstić information content (AvgIpc) is 2.46. The van der Waals surface area contributed by atoms with E-state index in [0.717, 1.165) is 0 Å². The van der Waals surface area contributed by atoms with Gasteiger partial charge in [0.15, 0.2) is 9.84 Å². The van der Waals surface area contributed by atoms with E-state index in [-0.39, 0.29) is 30.2 Å². The van der Waals surface area contributed by atoms with Crippen LogP contribution in [0.5, 0.6) is 0 Å². The van der Waals surface area contributed by atoms with E-state index in [9.17, 15) is 18.5 Å². The van der Waals surface area contributed by atoms with Crippen LogP contribution in [0.25, 0.3) is 10.9 Å². The lowest BCUT2D eigenvalue weighted by Gasteiger charge is -2.30. The SMILES string of the molecule is N#Cc1c(N2CCS(=O)(=O)CC2)c2ccncc2[nH]c1=O. The first-order valence-corrected chi connectivity index (χ1v) is 8.19. The molecular formula is C13H12N4O3S. The van der Waals surface area contributed by atoms with Crippen molar-refractivity contribution in [3.05, 3.63) is 34.4 Å². The average molecular weight is 304 g/mol. The second-order valence-corrected chi connectivity index (χ2v) is 7.15. The molecule has 1 aliphatic heterocycles. The highest BCUT2D eigenvalue weighted by molar-refractivity contribution is 7.91. The molecule has 1 fully saturated rings. The third kappa shape index (κ3) is 2.36. The Hall–Kier alpha value is -2.40. The van der Waals surface area contributed by atoms with Crippen molar-refractivity contribution in [2.24, 2.45) is 0 Å². The number of nitriles is 1. The molecule has 1 N–H and O–H groups in total. The summed E-state index contributed by atoms with van der Waals surface area (Å²) >= 11 is 0. The largest absolute Gasteiger partial charge is 0.368 e. The lowest BCUT2D eigenvalue weighted by Crippen LogP contribution is -2.41. The minimum Gasteiger partial charge on any atom is -0.368 e. The predicted molar refractivity (Wildman–Crippen MR) is 77.9 cm³/mol. The molecule has 0 saturated carbocycles. The Kier molecular flexibility index (Phi) is 3.14. The number of pyridine rings is 2. The highest BCUT2D eigenvalue weighted by Crippen LogP contribution is 2.27. The van der Waals surface area contributed by atoms with E-state index in [1.54, 1.807) is 17.2 Å². The molecule has 0 aromatic carbocycles. The van der Waals surface area contributed by atoms with E-state index in [4.69, 9.17) is 0 Å². The molecule has 3 rings (SSSR count). The molecule has 0 amide bonds. The van der Waals surface area contributed by atoms with Gasteiger partial charge in [0.1, 0.15) is 11.6 Å². The number of nitrogens with one attached hydrogen (secondary N) is 1. The summed E-state index contributed by atoms with van der Waals surface area (Å²) in [5.74, 6) is 0.0501. The molecule has 0 unspecified atom stereocenters. The van der Waals surface area contributed by atoms with Gasteiger partial charge in [-0.2, -0.15) is 5.26 Å². The standard InChI is InChI=1S/C13H12N4O3S/c14-7-10-12(17-3-5-21(19,20)6-4-17)9-1-2-15-8-11(9)16-13(10)18/h1-2,8H,3-6H2,(H,16,18). The first-order valence-electron chi connectivity index (χ1n) is 6.37. The third-order valence-electron chi connectivity index (χ3n) is 3.56. The van der Waals surface area contributed by atoms with Crippen molar-refractivity contribution in [1.82, 2.24) is 9.97 Å². The van der Waals surface area contributed by atoms with Crippen LogP contribution in [0.3, 0.4) is 0 Å². The zero-order chi connectivity index (χ0) is 15.0. The molecule has 0 bridgehead atoms. The van der Waals surface area contributed by atoms with Gasteiger partial charge in [0.2, 0.25) is 0 Å². The summed E-state index contributed by atoms with van der Waals surface area (Å²) in [4.78, 5) is 20.4. The minimum absolute atomic E-state index is 0.00741. The van der Waals surface area contributed by atoms with Crippen LogP contribution in [0.2, 0.25) is 0 Å². The number of hydrogen-bond donors (Lipinski definition) is 1. The number of fused-ring (bicyclic) bond motifs is 1. The Balaban J connectivity index is 2.21. The molecule has 1 aliphatic rings. The van der Waals surface area contributed by atoms with Gasteiger partial charge < -0.3 is 9.88 Å². The Morgan fingerprint density at radius 3 is 2.71 bits per heavy atom. The summed E-state index contributed by atoms with van der Waals surface area (Å²) in [6.07, 6.45) is 3.09. The number of aromatic amines is 1. The summed E-state index contributed by atoms with van der Waals surface area (Å²) in [6, 6.07) is 3.63. The third-order valence-corrected chi connectivity index (χ3v) is 5.17. The van der Waals surface area contributed by atoms with Crippen LogP contribution in [0.4, 0.5) is 5.69 Å². The zero-order valence-corrected chi connectivity index (χ0v) is 11.9. The number of hydrogen-bond acceptors (Lipinski definition) is 6. The summed E-state index contributed by atoms with van der Waals surface area (Å²) < 4.78 is 23.1. The summed E-state index contributed by atoms with van der Waals surface area (Å²) in [7, 11) is -3.03. The molecule has 1 saturated heterocycles. The second kappa shape index (κ2) is 4.86. The van der Waals surface area contributed by atoms with Crippen molar-refractivity contribution in [2.75, 3.05) is 29.5 Å². The quantitative estimate of drug-likeness (QED) is 0.796. The maximum atomic E-state index is 12.0. The van der Waals surface area contributed by atoms with E-state index in [0.29, 0.717) is 16.6 Å². The maximum Gasteiger partial charge on any atom is 0.268 e. The van der Waals surface area contributed by atoms with Crippen LogP contribution in [-0.2, 0) is 9.84 Å². The fraction of sp³-hybridized carbons (Fsp3) is 0.308. The van der Waals surface area contributed by atoms with Crippen LogP contribution in [-0.4, -0.2) is 43.0 Å². The molecule has 21 heavy (non-hydrogen) atoms. The highest BCUT2D eigenvalue weighted by atomic mass is 32.2. The molecule has 0 atom stereocenters. The van der Waals surface area contributed by atoms with Gasteiger partial charge in [-0.15, -0.1) is 0 Å². The number of anilines is 1. The van der Waals surface area contributed by atoms with Gasteiger partial charge in [0.05, 0.1) is 28.9 Å². The molecule has 0 aliphatic carbocycles. The topological polar surface area (TPSA) is 107 Å². The number of nitrogens with zero attached hydrogens (tertiary/aromatic N) is 3. The first kappa shape index (κ1) is 13.6. The van der Waals surface area contributed by atoms with Gasteiger partial charge >= 0.3 is 0 Å². The van der Waals surface area contributed by atoms with Crippen LogP contribution in [0.1, 0.15) is 5.56 Å². The van der Waals surface area contributed by atoms with E-state index in [2.05, 4.69) is 9.97 Å². The summed E-state index contributed by atoms with van der Waals surface area (Å²) in [5.41, 5.74) is 0.549. The van der Waals surface area contributed by atoms with Gasteiger partial charge in [-0.1, -0.05) is 0 Å². The smallest absolute Gasteiger partial charge is 0.268 e. The normalized spacial score (nSPS) is 17.6. The lowest BCUT2D eigenvalue weighted by atomic mass is 10.1. The van der Waals surface area contributed by atoms with Crippen LogP contribution < -0.4 is 10.5 Å². The zero-order valence-electron chi connectivity index (χ0n) is 11.0. The van der Waals surface area contributed by atoms with Crippen molar-refractivity contribution >= 4 is 26.4 Å². The molecule has 2 aromatic rings. The van der Waals surface area contributed by atoms with Crippen LogP contribution >= 0.6 is 0 Å². The van der Waals surface area contributed by atoms with Gasteiger partial charge in [-0.25, -0.2) is 8.42 Å². The van der Waals surface area contributed by atoms with E-state index < -0.39 is 15.4 Å². The lowest BCUT2D eigenvalue weighted by molar-refractivity contribution is 0.587. The van der Waals surface area contributed by atoms with Crippen molar-refractivity contribution in [1.29, 1.82) is 5.26 Å². The molecular weight excluding hydrogens is 292 g/mol. The first-order chi connectivity index (χ1) is 10.0. The summed E-state index contributed by atoms with van der Waals surface area (Å²) in [5, 5.41) is 9.96. The van der Waals surface area contributed by atoms with Crippen molar-refractivity contribution in [3.8, 4) is 6.07 Å². The molecule has 108 valence electrons. The van der Waals surface area contributed by atoms with Gasteiger partial charge in [0, 0.05) is 24.7 Å². The maximum absolute atomic E-state index is 12.0. The Morgan fingerprint density at radius 2 is 2.05 bits per heavy atom. The van der Waals surface area contributed by atoms with E-state index >= 15 is 0 Å². The van der Waals surface area contributed by atoms with Crippen molar-refractivity contribution < 1.29 is 8.42 Å². The van der Waals surface area contributed by atoms with Crippen molar-refractivity contribution in [3.63, 3.8) is 0 Å².